The number of benzene rings is 1. The van der Waals surface area contributed by atoms with Gasteiger partial charge in [-0.25, -0.2) is 4.79 Å². The van der Waals surface area contributed by atoms with E-state index in [1.165, 1.54) is 0 Å². The molecule has 0 saturated carbocycles. The largest absolute Gasteiger partial charge is 0.497 e. The van der Waals surface area contributed by atoms with Gasteiger partial charge in [-0.05, 0) is 50.7 Å². The Morgan fingerprint density at radius 2 is 1.68 bits per heavy atom. The molecule has 0 amide bonds. The molecule has 0 unspecified atom stereocenters. The third-order valence-corrected chi connectivity index (χ3v) is 4.59. The number of cyclic esters (lactones) is 1. The Morgan fingerprint density at radius 1 is 0.960 bits per heavy atom. The molecule has 1 aromatic rings. The lowest BCUT2D eigenvalue weighted by molar-refractivity contribution is -0.119. The average Bonchev–Trinajstić information content (AvgIpc) is 2.59. The van der Waals surface area contributed by atoms with Crippen molar-refractivity contribution in [2.24, 2.45) is 0 Å². The molecule has 0 radical (unpaired) electrons. The summed E-state index contributed by atoms with van der Waals surface area (Å²) in [5, 5.41) is 0. The number of carbonyl (C=O) groups excluding carboxylic acids is 2. The first-order chi connectivity index (χ1) is 12.0. The second-order valence-corrected chi connectivity index (χ2v) is 6.57. The fraction of sp³-hybridized carbons (Fsp3) is 0.600. The normalized spacial score (nSPS) is 20.2. The Kier molecular flexibility index (Phi) is 7.29. The lowest BCUT2D eigenvalue weighted by Gasteiger charge is -2.18. The minimum Gasteiger partial charge on any atom is -0.497 e. The summed E-state index contributed by atoms with van der Waals surface area (Å²) in [5.74, 6) is 1.08. The van der Waals surface area contributed by atoms with Crippen molar-refractivity contribution in [2.45, 2.75) is 64.4 Å². The van der Waals surface area contributed by atoms with Gasteiger partial charge in [-0.2, -0.15) is 0 Å². The molecular formula is C20H28O5. The first kappa shape index (κ1) is 19.3. The summed E-state index contributed by atoms with van der Waals surface area (Å²) >= 11 is 0. The zero-order valence-corrected chi connectivity index (χ0v) is 15.4. The highest BCUT2D eigenvalue weighted by Gasteiger charge is 2.22. The molecule has 2 rings (SSSR count). The Labute approximate surface area is 149 Å². The molecule has 0 aliphatic carbocycles. The number of carbonyl (C=O) groups is 2. The van der Waals surface area contributed by atoms with E-state index in [-0.39, 0.29) is 12.1 Å². The van der Waals surface area contributed by atoms with Crippen molar-refractivity contribution in [1.29, 1.82) is 0 Å². The van der Waals surface area contributed by atoms with Gasteiger partial charge >= 0.3 is 5.97 Å². The highest BCUT2D eigenvalue weighted by atomic mass is 16.5. The maximum absolute atomic E-state index is 12.7. The van der Waals surface area contributed by atoms with Crippen LogP contribution in [0.5, 0.6) is 11.5 Å². The molecule has 0 fully saturated rings. The second-order valence-electron chi connectivity index (χ2n) is 6.57. The number of rotatable bonds is 2. The van der Waals surface area contributed by atoms with E-state index in [4.69, 9.17) is 14.2 Å². The fourth-order valence-corrected chi connectivity index (χ4v) is 3.18. The van der Waals surface area contributed by atoms with E-state index in [9.17, 15) is 9.59 Å². The van der Waals surface area contributed by atoms with Crippen LogP contribution in [0.4, 0.5) is 0 Å². The molecule has 1 atom stereocenters. The first-order valence-electron chi connectivity index (χ1n) is 9.02. The second kappa shape index (κ2) is 9.44. The predicted octanol–water partition coefficient (Wildman–Crippen LogP) is 4.11. The number of Topliss-reactive ketones (excluding diaryl/α,β-unsaturated/α-hetero) is 1. The Balaban J connectivity index is 2.31. The molecule has 0 bridgehead atoms. The minimum absolute atomic E-state index is 0.233. The zero-order valence-electron chi connectivity index (χ0n) is 15.4. The average molecular weight is 348 g/mol. The third-order valence-electron chi connectivity index (χ3n) is 4.59. The number of ether oxygens (including phenoxy) is 3. The molecule has 1 aromatic carbocycles. The van der Waals surface area contributed by atoms with Crippen LogP contribution in [-0.2, 0) is 16.0 Å². The van der Waals surface area contributed by atoms with Gasteiger partial charge in [0.15, 0.2) is 0 Å². The summed E-state index contributed by atoms with van der Waals surface area (Å²) in [6.07, 6.45) is 5.89. The SMILES string of the molecule is COc1cc2c(c(OC)c1)C(=O)O[C@H](C)CCCC(=O)CCCCC2. The molecule has 1 aliphatic heterocycles. The van der Waals surface area contributed by atoms with Crippen LogP contribution in [0.3, 0.4) is 0 Å². The summed E-state index contributed by atoms with van der Waals surface area (Å²) in [6, 6.07) is 3.59. The van der Waals surface area contributed by atoms with Crippen LogP contribution in [0.1, 0.15) is 67.8 Å². The van der Waals surface area contributed by atoms with Crippen LogP contribution in [0, 0.1) is 0 Å². The van der Waals surface area contributed by atoms with E-state index < -0.39 is 0 Å². The maximum atomic E-state index is 12.7. The van der Waals surface area contributed by atoms with E-state index in [1.807, 2.05) is 13.0 Å². The predicted molar refractivity (Wildman–Crippen MR) is 95.5 cm³/mol. The number of methoxy groups -OCH3 is 2. The van der Waals surface area contributed by atoms with Gasteiger partial charge in [0.05, 0.1) is 20.3 Å². The van der Waals surface area contributed by atoms with Crippen molar-refractivity contribution in [3.63, 3.8) is 0 Å². The molecule has 0 spiro atoms. The van der Waals surface area contributed by atoms with Crippen molar-refractivity contribution < 1.29 is 23.8 Å². The lowest BCUT2D eigenvalue weighted by atomic mass is 9.98. The van der Waals surface area contributed by atoms with Gasteiger partial charge in [-0.1, -0.05) is 6.42 Å². The van der Waals surface area contributed by atoms with E-state index in [1.54, 1.807) is 20.3 Å². The molecule has 0 saturated heterocycles. The van der Waals surface area contributed by atoms with Crippen LogP contribution in [-0.4, -0.2) is 32.1 Å². The molecule has 138 valence electrons. The van der Waals surface area contributed by atoms with E-state index in [0.717, 1.165) is 37.7 Å². The number of esters is 1. The topological polar surface area (TPSA) is 61.8 Å². The number of fused-ring (bicyclic) bond motifs is 1. The van der Waals surface area contributed by atoms with Gasteiger partial charge in [0.1, 0.15) is 22.8 Å². The maximum Gasteiger partial charge on any atom is 0.342 e. The van der Waals surface area contributed by atoms with Crippen molar-refractivity contribution in [1.82, 2.24) is 0 Å². The van der Waals surface area contributed by atoms with Gasteiger partial charge in [-0.3, -0.25) is 4.79 Å². The van der Waals surface area contributed by atoms with Crippen LogP contribution in [0.15, 0.2) is 12.1 Å². The first-order valence-corrected chi connectivity index (χ1v) is 9.02. The monoisotopic (exact) mass is 348 g/mol. The van der Waals surface area contributed by atoms with Crippen LogP contribution in [0.2, 0.25) is 0 Å². The molecule has 1 heterocycles. The summed E-state index contributed by atoms with van der Waals surface area (Å²) in [4.78, 5) is 24.6. The Morgan fingerprint density at radius 3 is 2.40 bits per heavy atom. The number of hydrogen-bond donors (Lipinski definition) is 0. The van der Waals surface area contributed by atoms with E-state index in [2.05, 4.69) is 0 Å². The summed E-state index contributed by atoms with van der Waals surface area (Å²) in [7, 11) is 3.14. The van der Waals surface area contributed by atoms with Gasteiger partial charge in [0.25, 0.3) is 0 Å². The minimum atomic E-state index is -0.370. The summed E-state index contributed by atoms with van der Waals surface area (Å²) < 4.78 is 16.3. The summed E-state index contributed by atoms with van der Waals surface area (Å²) in [6.45, 7) is 1.86. The molecular weight excluding hydrogens is 320 g/mol. The zero-order chi connectivity index (χ0) is 18.2. The molecule has 1 aliphatic rings. The lowest BCUT2D eigenvalue weighted by Crippen LogP contribution is -2.18. The van der Waals surface area contributed by atoms with Gasteiger partial charge in [0.2, 0.25) is 0 Å². The molecule has 25 heavy (non-hydrogen) atoms. The van der Waals surface area contributed by atoms with Gasteiger partial charge in [-0.15, -0.1) is 0 Å². The van der Waals surface area contributed by atoms with Gasteiger partial charge in [0, 0.05) is 18.9 Å². The van der Waals surface area contributed by atoms with Gasteiger partial charge < -0.3 is 14.2 Å². The quantitative estimate of drug-likeness (QED) is 0.753. The smallest absolute Gasteiger partial charge is 0.342 e. The molecule has 0 aromatic heterocycles. The highest BCUT2D eigenvalue weighted by Crippen LogP contribution is 2.31. The highest BCUT2D eigenvalue weighted by molar-refractivity contribution is 5.94. The number of ketones is 1. The van der Waals surface area contributed by atoms with Crippen LogP contribution >= 0.6 is 0 Å². The van der Waals surface area contributed by atoms with E-state index in [0.29, 0.717) is 42.1 Å². The van der Waals surface area contributed by atoms with Crippen LogP contribution in [0.25, 0.3) is 0 Å². The van der Waals surface area contributed by atoms with Crippen molar-refractivity contribution in [3.8, 4) is 11.5 Å². The number of aryl methyl sites for hydroxylation is 1. The Bertz CT molecular complexity index is 608. The third kappa shape index (κ3) is 5.48. The van der Waals surface area contributed by atoms with Crippen LogP contribution < -0.4 is 9.47 Å². The fourth-order valence-electron chi connectivity index (χ4n) is 3.18. The number of hydrogen-bond acceptors (Lipinski definition) is 5. The van der Waals surface area contributed by atoms with E-state index >= 15 is 0 Å². The summed E-state index contributed by atoms with van der Waals surface area (Å²) in [5.41, 5.74) is 1.36. The van der Waals surface area contributed by atoms with Crippen molar-refractivity contribution in [2.75, 3.05) is 14.2 Å². The molecule has 0 N–H and O–H groups in total. The molecule has 5 heteroatoms. The van der Waals surface area contributed by atoms with Crippen molar-refractivity contribution in [3.05, 3.63) is 23.3 Å². The Hall–Kier alpha value is -2.04. The standard InChI is InChI=1S/C20H28O5/c1-14-8-7-11-16(21)10-6-4-5-9-15-12-17(23-2)13-18(24-3)19(15)20(22)25-14/h12-14H,4-11H2,1-3H3/t14-/m1/s1. The van der Waals surface area contributed by atoms with Crippen molar-refractivity contribution >= 4 is 11.8 Å². The molecule has 5 nitrogen and oxygen atoms in total.